The van der Waals surface area contributed by atoms with E-state index in [0.29, 0.717) is 25.3 Å². The number of morpholine rings is 1. The van der Waals surface area contributed by atoms with Gasteiger partial charge in [0.1, 0.15) is 6.61 Å². The Morgan fingerprint density at radius 1 is 1.48 bits per heavy atom. The zero-order valence-electron chi connectivity index (χ0n) is 12.1. The minimum absolute atomic E-state index is 0.0606. The average Bonchev–Trinajstić information content (AvgIpc) is 2.52. The summed E-state index contributed by atoms with van der Waals surface area (Å²) in [7, 11) is 0. The number of rotatable bonds is 5. The molecule has 1 aliphatic rings. The molecule has 0 atom stereocenters. The molecule has 0 spiro atoms. The Labute approximate surface area is 123 Å². The molecule has 6 heteroatoms. The van der Waals surface area contributed by atoms with Crippen molar-refractivity contribution in [2.24, 2.45) is 0 Å². The lowest BCUT2D eigenvalue weighted by Gasteiger charge is -2.28. The number of aliphatic hydroxyl groups excluding tert-OH is 1. The van der Waals surface area contributed by atoms with Gasteiger partial charge in [0.2, 0.25) is 5.91 Å². The van der Waals surface area contributed by atoms with Gasteiger partial charge in [0.25, 0.3) is 5.91 Å². The number of ether oxygens (including phenoxy) is 1. The molecular formula is C15H20N2O4. The van der Waals surface area contributed by atoms with Crippen LogP contribution in [0.4, 0.5) is 11.4 Å². The van der Waals surface area contributed by atoms with E-state index < -0.39 is 0 Å². The second-order valence-corrected chi connectivity index (χ2v) is 4.74. The zero-order valence-corrected chi connectivity index (χ0v) is 12.1. The largest absolute Gasteiger partial charge is 0.395 e. The van der Waals surface area contributed by atoms with Gasteiger partial charge in [0.05, 0.1) is 13.2 Å². The Balaban J connectivity index is 2.26. The van der Waals surface area contributed by atoms with Gasteiger partial charge < -0.3 is 19.6 Å². The van der Waals surface area contributed by atoms with Gasteiger partial charge in [-0.15, -0.1) is 0 Å². The lowest BCUT2D eigenvalue weighted by Crippen LogP contribution is -2.41. The number of carbonyl (C=O) groups excluding carboxylic acids is 2. The summed E-state index contributed by atoms with van der Waals surface area (Å²) in [6.07, 6.45) is 0.362. The molecule has 0 aromatic heterocycles. The van der Waals surface area contributed by atoms with Crippen LogP contribution in [0.3, 0.4) is 0 Å². The second kappa shape index (κ2) is 7.19. The normalized spacial score (nSPS) is 15.1. The van der Waals surface area contributed by atoms with E-state index in [0.717, 1.165) is 5.69 Å². The molecule has 1 heterocycles. The van der Waals surface area contributed by atoms with Crippen molar-refractivity contribution in [1.82, 2.24) is 0 Å². The molecule has 0 saturated carbocycles. The van der Waals surface area contributed by atoms with Gasteiger partial charge in [0, 0.05) is 30.9 Å². The molecule has 6 nitrogen and oxygen atoms in total. The number of amides is 2. The second-order valence-electron chi connectivity index (χ2n) is 4.74. The van der Waals surface area contributed by atoms with E-state index >= 15 is 0 Å². The van der Waals surface area contributed by atoms with Crippen molar-refractivity contribution in [3.8, 4) is 0 Å². The van der Waals surface area contributed by atoms with E-state index in [-0.39, 0.29) is 31.6 Å². The Kier molecular flexibility index (Phi) is 5.30. The van der Waals surface area contributed by atoms with Crippen molar-refractivity contribution < 1.29 is 19.4 Å². The summed E-state index contributed by atoms with van der Waals surface area (Å²) < 4.78 is 5.12. The van der Waals surface area contributed by atoms with E-state index in [1.54, 1.807) is 30.0 Å². The third-order valence-electron chi connectivity index (χ3n) is 3.37. The van der Waals surface area contributed by atoms with Gasteiger partial charge >= 0.3 is 0 Å². The first kappa shape index (κ1) is 15.5. The number of nitrogens with zero attached hydrogens (tertiary/aromatic N) is 2. The molecule has 0 unspecified atom stereocenters. The molecule has 1 aliphatic heterocycles. The Bertz CT molecular complexity index is 518. The molecule has 2 amide bonds. The van der Waals surface area contributed by atoms with Crippen LogP contribution in [0.5, 0.6) is 0 Å². The number of hydrogen-bond donors (Lipinski definition) is 1. The number of carbonyl (C=O) groups is 2. The summed E-state index contributed by atoms with van der Waals surface area (Å²) in [4.78, 5) is 27.0. The van der Waals surface area contributed by atoms with E-state index in [2.05, 4.69) is 0 Å². The number of aliphatic hydroxyl groups is 1. The fourth-order valence-corrected chi connectivity index (χ4v) is 2.31. The molecule has 1 N–H and O–H groups in total. The summed E-state index contributed by atoms with van der Waals surface area (Å²) in [5.74, 6) is -0.150. The molecule has 21 heavy (non-hydrogen) atoms. The number of anilines is 2. The monoisotopic (exact) mass is 292 g/mol. The molecule has 1 saturated heterocycles. The zero-order chi connectivity index (χ0) is 15.2. The van der Waals surface area contributed by atoms with Crippen LogP contribution in [-0.4, -0.2) is 49.8 Å². The van der Waals surface area contributed by atoms with Crippen LogP contribution in [0, 0.1) is 0 Å². The predicted molar refractivity (Wildman–Crippen MR) is 79.3 cm³/mol. The van der Waals surface area contributed by atoms with Gasteiger partial charge in [-0.2, -0.15) is 0 Å². The van der Waals surface area contributed by atoms with Crippen molar-refractivity contribution in [1.29, 1.82) is 0 Å². The topological polar surface area (TPSA) is 70.1 Å². The molecule has 0 radical (unpaired) electrons. The van der Waals surface area contributed by atoms with Crippen LogP contribution in [0.1, 0.15) is 13.3 Å². The van der Waals surface area contributed by atoms with Gasteiger partial charge in [-0.1, -0.05) is 13.0 Å². The quantitative estimate of drug-likeness (QED) is 0.871. The summed E-state index contributed by atoms with van der Waals surface area (Å²) in [6, 6.07) is 7.24. The van der Waals surface area contributed by atoms with Gasteiger partial charge in [0.15, 0.2) is 0 Å². The number of hydrogen-bond acceptors (Lipinski definition) is 4. The highest BCUT2D eigenvalue weighted by molar-refractivity contribution is 5.97. The van der Waals surface area contributed by atoms with Gasteiger partial charge in [-0.05, 0) is 18.2 Å². The van der Waals surface area contributed by atoms with Crippen molar-refractivity contribution in [2.75, 3.05) is 42.7 Å². The van der Waals surface area contributed by atoms with Crippen LogP contribution in [0.25, 0.3) is 0 Å². The van der Waals surface area contributed by atoms with Gasteiger partial charge in [-0.25, -0.2) is 0 Å². The highest BCUT2D eigenvalue weighted by Crippen LogP contribution is 2.24. The summed E-state index contributed by atoms with van der Waals surface area (Å²) in [5.41, 5.74) is 1.43. The van der Waals surface area contributed by atoms with Crippen LogP contribution in [0.2, 0.25) is 0 Å². The smallest absolute Gasteiger partial charge is 0.253 e. The summed E-state index contributed by atoms with van der Waals surface area (Å²) in [5, 5.41) is 9.13. The molecule has 1 fully saturated rings. The van der Waals surface area contributed by atoms with Crippen molar-refractivity contribution in [3.63, 3.8) is 0 Å². The highest BCUT2D eigenvalue weighted by atomic mass is 16.5. The van der Waals surface area contributed by atoms with Crippen molar-refractivity contribution in [3.05, 3.63) is 24.3 Å². The Morgan fingerprint density at radius 2 is 2.29 bits per heavy atom. The molecule has 1 aromatic carbocycles. The lowest BCUT2D eigenvalue weighted by molar-refractivity contribution is -0.125. The van der Waals surface area contributed by atoms with Gasteiger partial charge in [-0.3, -0.25) is 9.59 Å². The molecule has 0 bridgehead atoms. The maximum absolute atomic E-state index is 12.0. The Hall–Kier alpha value is -1.92. The van der Waals surface area contributed by atoms with Crippen LogP contribution in [0.15, 0.2) is 24.3 Å². The maximum Gasteiger partial charge on any atom is 0.253 e. The fourth-order valence-electron chi connectivity index (χ4n) is 2.31. The first-order valence-corrected chi connectivity index (χ1v) is 7.06. The minimum atomic E-state index is -0.105. The van der Waals surface area contributed by atoms with E-state index in [4.69, 9.17) is 9.84 Å². The third-order valence-corrected chi connectivity index (χ3v) is 3.37. The van der Waals surface area contributed by atoms with Crippen molar-refractivity contribution >= 4 is 23.2 Å². The standard InChI is InChI=1S/C15H20N2O4/c1-2-14(19)16(6-8-18)12-4-3-5-13(10-12)17-7-9-21-11-15(17)20/h3-5,10,18H,2,6-9,11H2,1H3. The summed E-state index contributed by atoms with van der Waals surface area (Å²) in [6.45, 7) is 3.01. The predicted octanol–water partition coefficient (Wildman–Crippen LogP) is 0.785. The molecular weight excluding hydrogens is 272 g/mol. The SMILES string of the molecule is CCC(=O)N(CCO)c1cccc(N2CCOCC2=O)c1. The van der Waals surface area contributed by atoms with Crippen LogP contribution >= 0.6 is 0 Å². The van der Waals surface area contributed by atoms with Crippen molar-refractivity contribution in [2.45, 2.75) is 13.3 Å². The minimum Gasteiger partial charge on any atom is -0.395 e. The first-order valence-electron chi connectivity index (χ1n) is 7.06. The fraction of sp³-hybridized carbons (Fsp3) is 0.467. The van der Waals surface area contributed by atoms with Crippen LogP contribution in [-0.2, 0) is 14.3 Å². The first-order chi connectivity index (χ1) is 10.2. The molecule has 114 valence electrons. The van der Waals surface area contributed by atoms with Crippen LogP contribution < -0.4 is 9.80 Å². The Morgan fingerprint density at radius 3 is 2.95 bits per heavy atom. The van der Waals surface area contributed by atoms with E-state index in [1.165, 1.54) is 4.90 Å². The van der Waals surface area contributed by atoms with E-state index in [1.807, 2.05) is 6.07 Å². The lowest BCUT2D eigenvalue weighted by atomic mass is 10.2. The third kappa shape index (κ3) is 3.59. The molecule has 1 aromatic rings. The maximum atomic E-state index is 12.0. The molecule has 2 rings (SSSR count). The number of benzene rings is 1. The highest BCUT2D eigenvalue weighted by Gasteiger charge is 2.21. The van der Waals surface area contributed by atoms with E-state index in [9.17, 15) is 9.59 Å². The summed E-state index contributed by atoms with van der Waals surface area (Å²) >= 11 is 0. The molecule has 0 aliphatic carbocycles. The average molecular weight is 292 g/mol.